The molecular formula is C15H22N2O4. The quantitative estimate of drug-likeness (QED) is 0.293. The van der Waals surface area contributed by atoms with Crippen LogP contribution < -0.4 is 10.1 Å². The molecule has 21 heavy (non-hydrogen) atoms. The molecule has 0 radical (unpaired) electrons. The molecule has 0 amide bonds. The number of hydrogen-bond acceptors (Lipinski definition) is 5. The third-order valence-corrected chi connectivity index (χ3v) is 2.62. The molecule has 6 heteroatoms. The number of non-ortho nitro benzene ring substituents is 1. The van der Waals surface area contributed by atoms with Crippen LogP contribution in [-0.2, 0) is 4.74 Å². The van der Waals surface area contributed by atoms with Crippen LogP contribution in [0.5, 0.6) is 5.75 Å². The predicted molar refractivity (Wildman–Crippen MR) is 83.0 cm³/mol. The van der Waals surface area contributed by atoms with Crippen LogP contribution in [0.2, 0.25) is 0 Å². The summed E-state index contributed by atoms with van der Waals surface area (Å²) in [5, 5.41) is 14.0. The number of rotatable bonds is 11. The lowest BCUT2D eigenvalue weighted by Crippen LogP contribution is -2.10. The second-order valence-corrected chi connectivity index (χ2v) is 4.44. The predicted octanol–water partition coefficient (Wildman–Crippen LogP) is 3.39. The molecule has 0 saturated heterocycles. The Bertz CT molecular complexity index is 463. The van der Waals surface area contributed by atoms with Gasteiger partial charge in [-0.1, -0.05) is 13.0 Å². The van der Waals surface area contributed by atoms with E-state index in [0.29, 0.717) is 37.8 Å². The molecule has 0 aromatic heterocycles. The summed E-state index contributed by atoms with van der Waals surface area (Å²) < 4.78 is 10.8. The van der Waals surface area contributed by atoms with Gasteiger partial charge in [-0.15, -0.1) is 6.58 Å². The maximum atomic E-state index is 10.9. The minimum Gasteiger partial charge on any atom is -0.493 e. The van der Waals surface area contributed by atoms with E-state index in [2.05, 4.69) is 11.9 Å². The molecular weight excluding hydrogens is 272 g/mol. The van der Waals surface area contributed by atoms with Gasteiger partial charge in [-0.2, -0.15) is 0 Å². The van der Waals surface area contributed by atoms with E-state index in [-0.39, 0.29) is 5.69 Å². The number of nitro groups is 1. The van der Waals surface area contributed by atoms with E-state index in [0.717, 1.165) is 12.8 Å². The van der Waals surface area contributed by atoms with Crippen LogP contribution in [0.4, 0.5) is 11.4 Å². The molecule has 0 fully saturated rings. The zero-order valence-corrected chi connectivity index (χ0v) is 12.3. The van der Waals surface area contributed by atoms with Crippen molar-refractivity contribution in [2.24, 2.45) is 0 Å². The summed E-state index contributed by atoms with van der Waals surface area (Å²) in [6, 6.07) is 4.68. The van der Waals surface area contributed by atoms with E-state index in [1.165, 1.54) is 12.1 Å². The van der Waals surface area contributed by atoms with Gasteiger partial charge in [-0.25, -0.2) is 0 Å². The van der Waals surface area contributed by atoms with Crippen LogP contribution in [0.25, 0.3) is 0 Å². The van der Waals surface area contributed by atoms with E-state index in [1.807, 2.05) is 6.92 Å². The lowest BCUT2D eigenvalue weighted by molar-refractivity contribution is -0.384. The molecule has 0 aliphatic rings. The lowest BCUT2D eigenvalue weighted by Gasteiger charge is -2.10. The average molecular weight is 294 g/mol. The third kappa shape index (κ3) is 6.76. The number of nitrogens with one attached hydrogen (secondary N) is 1. The summed E-state index contributed by atoms with van der Waals surface area (Å²) >= 11 is 0. The summed E-state index contributed by atoms with van der Waals surface area (Å²) in [4.78, 5) is 10.5. The Morgan fingerprint density at radius 1 is 1.33 bits per heavy atom. The third-order valence-electron chi connectivity index (χ3n) is 2.62. The SMILES string of the molecule is C=CCCOCCNc1cc(OCCC)cc([N+](=O)[O-])c1. The fourth-order valence-electron chi connectivity index (χ4n) is 1.63. The van der Waals surface area contributed by atoms with E-state index >= 15 is 0 Å². The molecule has 0 bridgehead atoms. The fourth-order valence-corrected chi connectivity index (χ4v) is 1.63. The molecule has 1 N–H and O–H groups in total. The monoisotopic (exact) mass is 294 g/mol. The van der Waals surface area contributed by atoms with Gasteiger partial charge >= 0.3 is 0 Å². The molecule has 0 atom stereocenters. The molecule has 0 aliphatic heterocycles. The molecule has 1 aromatic carbocycles. The lowest BCUT2D eigenvalue weighted by atomic mass is 10.2. The highest BCUT2D eigenvalue weighted by molar-refractivity contribution is 5.56. The Balaban J connectivity index is 2.56. The summed E-state index contributed by atoms with van der Waals surface area (Å²) in [6.07, 6.45) is 3.46. The van der Waals surface area contributed by atoms with E-state index in [9.17, 15) is 10.1 Å². The van der Waals surface area contributed by atoms with Crippen LogP contribution in [0.3, 0.4) is 0 Å². The van der Waals surface area contributed by atoms with Gasteiger partial charge in [0.15, 0.2) is 0 Å². The minimum absolute atomic E-state index is 0.0127. The Morgan fingerprint density at radius 3 is 2.81 bits per heavy atom. The van der Waals surface area contributed by atoms with Crippen LogP contribution in [0, 0.1) is 10.1 Å². The van der Waals surface area contributed by atoms with Gasteiger partial charge < -0.3 is 14.8 Å². The van der Waals surface area contributed by atoms with Gasteiger partial charge in [0, 0.05) is 24.4 Å². The summed E-state index contributed by atoms with van der Waals surface area (Å²) in [6.45, 7) is 7.86. The van der Waals surface area contributed by atoms with Crippen LogP contribution in [-0.4, -0.2) is 31.3 Å². The maximum absolute atomic E-state index is 10.9. The first-order valence-corrected chi connectivity index (χ1v) is 7.02. The van der Waals surface area contributed by atoms with Crippen LogP contribution >= 0.6 is 0 Å². The molecule has 1 aromatic rings. The molecule has 0 spiro atoms. The highest BCUT2D eigenvalue weighted by atomic mass is 16.6. The van der Waals surface area contributed by atoms with Crippen LogP contribution in [0.15, 0.2) is 30.9 Å². The Kier molecular flexibility index (Phi) is 7.89. The maximum Gasteiger partial charge on any atom is 0.275 e. The second kappa shape index (κ2) is 9.77. The Morgan fingerprint density at radius 2 is 2.14 bits per heavy atom. The van der Waals surface area contributed by atoms with Gasteiger partial charge in [0.1, 0.15) is 5.75 Å². The normalized spacial score (nSPS) is 10.1. The second-order valence-electron chi connectivity index (χ2n) is 4.44. The standard InChI is InChI=1S/C15H22N2O4/c1-3-5-8-20-9-6-16-13-10-14(17(18)19)12-15(11-13)21-7-4-2/h3,10-12,16H,1,4-9H2,2H3. The molecule has 0 saturated carbocycles. The smallest absolute Gasteiger partial charge is 0.275 e. The number of hydrogen-bond donors (Lipinski definition) is 1. The molecule has 116 valence electrons. The number of ether oxygens (including phenoxy) is 2. The van der Waals surface area contributed by atoms with Crippen molar-refractivity contribution in [2.75, 3.05) is 31.7 Å². The summed E-state index contributed by atoms with van der Waals surface area (Å²) in [7, 11) is 0. The zero-order valence-electron chi connectivity index (χ0n) is 12.3. The number of nitrogens with zero attached hydrogens (tertiary/aromatic N) is 1. The summed E-state index contributed by atoms with van der Waals surface area (Å²) in [5.41, 5.74) is 0.668. The van der Waals surface area contributed by atoms with Crippen LogP contribution in [0.1, 0.15) is 19.8 Å². The fraction of sp³-hybridized carbons (Fsp3) is 0.467. The Hall–Kier alpha value is -2.08. The van der Waals surface area contributed by atoms with E-state index < -0.39 is 4.92 Å². The number of nitro benzene ring substituents is 1. The first-order valence-electron chi connectivity index (χ1n) is 7.02. The van der Waals surface area contributed by atoms with E-state index in [1.54, 1.807) is 12.1 Å². The van der Waals surface area contributed by atoms with Crippen molar-refractivity contribution >= 4 is 11.4 Å². The van der Waals surface area contributed by atoms with Gasteiger partial charge in [-0.05, 0) is 12.8 Å². The largest absolute Gasteiger partial charge is 0.493 e. The first kappa shape index (κ1) is 17.0. The number of anilines is 1. The first-order chi connectivity index (χ1) is 10.2. The zero-order chi connectivity index (χ0) is 15.5. The van der Waals surface area contributed by atoms with Gasteiger partial charge in [-0.3, -0.25) is 10.1 Å². The summed E-state index contributed by atoms with van der Waals surface area (Å²) in [5.74, 6) is 0.501. The van der Waals surface area contributed by atoms with Crippen molar-refractivity contribution in [1.29, 1.82) is 0 Å². The van der Waals surface area contributed by atoms with Crippen molar-refractivity contribution in [3.8, 4) is 5.75 Å². The topological polar surface area (TPSA) is 73.6 Å². The molecule has 0 heterocycles. The van der Waals surface area contributed by atoms with Crippen molar-refractivity contribution in [2.45, 2.75) is 19.8 Å². The highest BCUT2D eigenvalue weighted by Gasteiger charge is 2.10. The molecule has 1 rings (SSSR count). The van der Waals surface area contributed by atoms with E-state index in [4.69, 9.17) is 9.47 Å². The van der Waals surface area contributed by atoms with Gasteiger partial charge in [0.2, 0.25) is 0 Å². The highest BCUT2D eigenvalue weighted by Crippen LogP contribution is 2.26. The number of benzene rings is 1. The van der Waals surface area contributed by atoms with Crippen molar-refractivity contribution in [3.63, 3.8) is 0 Å². The van der Waals surface area contributed by atoms with Crippen molar-refractivity contribution in [3.05, 3.63) is 41.0 Å². The minimum atomic E-state index is -0.426. The van der Waals surface area contributed by atoms with Gasteiger partial charge in [0.25, 0.3) is 5.69 Å². The van der Waals surface area contributed by atoms with Crippen molar-refractivity contribution < 1.29 is 14.4 Å². The molecule has 6 nitrogen and oxygen atoms in total. The Labute approximate surface area is 124 Å². The average Bonchev–Trinajstić information content (AvgIpc) is 2.48. The molecule has 0 aliphatic carbocycles. The van der Waals surface area contributed by atoms with Crippen molar-refractivity contribution in [1.82, 2.24) is 0 Å². The van der Waals surface area contributed by atoms with Gasteiger partial charge in [0.05, 0.1) is 30.8 Å². The molecule has 0 unspecified atom stereocenters.